The minimum absolute atomic E-state index is 0.138. The van der Waals surface area contributed by atoms with E-state index in [0.29, 0.717) is 29.3 Å². The Bertz CT molecular complexity index is 1080. The third-order valence-corrected chi connectivity index (χ3v) is 4.06. The maximum atomic E-state index is 13.8. The number of esters is 1. The highest BCUT2D eigenvalue weighted by Gasteiger charge is 2.11. The largest absolute Gasteiger partial charge is 0.461 e. The first kappa shape index (κ1) is 17.6. The molecule has 0 saturated carbocycles. The standard InChI is InChI=1S/C20H15FN4O3/c21-18-4-2-1-3-17(18)19-11-9-15(27-19)10-12-20(26)28-16-7-5-14(6-8-16)25-13-22-23-24-25/h1-9,11,13H,10,12H2. The number of rotatable bonds is 6. The highest BCUT2D eigenvalue weighted by molar-refractivity contribution is 5.72. The SMILES string of the molecule is O=C(CCc1ccc(-c2ccccc2F)o1)Oc1ccc(-n2cnnn2)cc1. The summed E-state index contributed by atoms with van der Waals surface area (Å²) in [5, 5.41) is 10.9. The summed E-state index contributed by atoms with van der Waals surface area (Å²) in [6.07, 6.45) is 1.97. The van der Waals surface area contributed by atoms with Gasteiger partial charge in [-0.25, -0.2) is 9.07 Å². The molecule has 0 atom stereocenters. The van der Waals surface area contributed by atoms with Gasteiger partial charge in [-0.05, 0) is 59.0 Å². The zero-order valence-electron chi connectivity index (χ0n) is 14.7. The van der Waals surface area contributed by atoms with Crippen molar-refractivity contribution in [2.75, 3.05) is 0 Å². The Morgan fingerprint density at radius 2 is 1.89 bits per heavy atom. The topological polar surface area (TPSA) is 83.0 Å². The third kappa shape index (κ3) is 3.96. The van der Waals surface area contributed by atoms with Gasteiger partial charge in [-0.1, -0.05) is 12.1 Å². The Morgan fingerprint density at radius 3 is 2.64 bits per heavy atom. The molecule has 4 aromatic rings. The molecule has 140 valence electrons. The molecule has 0 aliphatic heterocycles. The minimum atomic E-state index is -0.390. The second-order valence-corrected chi connectivity index (χ2v) is 5.97. The van der Waals surface area contributed by atoms with Crippen molar-refractivity contribution in [2.45, 2.75) is 12.8 Å². The van der Waals surface area contributed by atoms with Crippen LogP contribution in [0.5, 0.6) is 5.75 Å². The Morgan fingerprint density at radius 1 is 1.07 bits per heavy atom. The van der Waals surface area contributed by atoms with Crippen LogP contribution in [-0.2, 0) is 11.2 Å². The molecule has 0 N–H and O–H groups in total. The number of aryl methyl sites for hydroxylation is 1. The zero-order valence-corrected chi connectivity index (χ0v) is 14.7. The van der Waals surface area contributed by atoms with Crippen molar-refractivity contribution in [1.82, 2.24) is 20.2 Å². The molecule has 0 fully saturated rings. The summed E-state index contributed by atoms with van der Waals surface area (Å²) in [6, 6.07) is 16.6. The van der Waals surface area contributed by atoms with Crippen LogP contribution in [0.3, 0.4) is 0 Å². The van der Waals surface area contributed by atoms with Crippen LogP contribution in [0.2, 0.25) is 0 Å². The number of hydrogen-bond acceptors (Lipinski definition) is 6. The monoisotopic (exact) mass is 378 g/mol. The van der Waals surface area contributed by atoms with E-state index < -0.39 is 0 Å². The quantitative estimate of drug-likeness (QED) is 0.377. The van der Waals surface area contributed by atoms with Gasteiger partial charge in [0.1, 0.15) is 29.4 Å². The molecule has 7 nitrogen and oxygen atoms in total. The number of ether oxygens (including phenoxy) is 1. The van der Waals surface area contributed by atoms with Crippen molar-refractivity contribution in [2.24, 2.45) is 0 Å². The molecule has 0 unspecified atom stereocenters. The maximum Gasteiger partial charge on any atom is 0.311 e. The van der Waals surface area contributed by atoms with Gasteiger partial charge in [0.15, 0.2) is 0 Å². The lowest BCUT2D eigenvalue weighted by Crippen LogP contribution is -2.09. The van der Waals surface area contributed by atoms with Crippen molar-refractivity contribution < 1.29 is 18.3 Å². The average molecular weight is 378 g/mol. The second kappa shape index (κ2) is 7.83. The highest BCUT2D eigenvalue weighted by atomic mass is 19.1. The molecule has 28 heavy (non-hydrogen) atoms. The number of nitrogens with zero attached hydrogens (tertiary/aromatic N) is 4. The number of tetrazole rings is 1. The normalized spacial score (nSPS) is 10.8. The molecular weight excluding hydrogens is 363 g/mol. The Labute approximate surface area is 159 Å². The predicted octanol–water partition coefficient (Wildman–Crippen LogP) is 3.60. The summed E-state index contributed by atoms with van der Waals surface area (Å²) < 4.78 is 26.3. The van der Waals surface area contributed by atoms with E-state index in [1.807, 2.05) is 0 Å². The summed E-state index contributed by atoms with van der Waals surface area (Å²) in [6.45, 7) is 0. The van der Waals surface area contributed by atoms with Crippen LogP contribution >= 0.6 is 0 Å². The fraction of sp³-hybridized carbons (Fsp3) is 0.100. The van der Waals surface area contributed by atoms with E-state index in [1.54, 1.807) is 54.6 Å². The fourth-order valence-corrected chi connectivity index (χ4v) is 2.67. The fourth-order valence-electron chi connectivity index (χ4n) is 2.67. The predicted molar refractivity (Wildman–Crippen MR) is 97.2 cm³/mol. The molecule has 0 aliphatic rings. The summed E-state index contributed by atoms with van der Waals surface area (Å²) in [4.78, 5) is 12.1. The second-order valence-electron chi connectivity index (χ2n) is 5.97. The van der Waals surface area contributed by atoms with Crippen molar-refractivity contribution in [3.8, 4) is 22.8 Å². The number of benzene rings is 2. The van der Waals surface area contributed by atoms with Gasteiger partial charge in [0.25, 0.3) is 0 Å². The molecule has 0 spiro atoms. The van der Waals surface area contributed by atoms with Crippen LogP contribution < -0.4 is 4.74 Å². The van der Waals surface area contributed by atoms with Crippen LogP contribution in [0, 0.1) is 5.82 Å². The molecule has 8 heteroatoms. The van der Waals surface area contributed by atoms with E-state index in [4.69, 9.17) is 9.15 Å². The molecule has 2 heterocycles. The molecule has 0 aliphatic carbocycles. The molecule has 0 bridgehead atoms. The molecule has 2 aromatic heterocycles. The first-order chi connectivity index (χ1) is 13.7. The van der Waals surface area contributed by atoms with Gasteiger partial charge in [0.05, 0.1) is 17.7 Å². The summed E-state index contributed by atoms with van der Waals surface area (Å²) in [7, 11) is 0. The van der Waals surface area contributed by atoms with Gasteiger partial charge in [-0.3, -0.25) is 4.79 Å². The van der Waals surface area contributed by atoms with Gasteiger partial charge < -0.3 is 9.15 Å². The Balaban J connectivity index is 1.33. The zero-order chi connectivity index (χ0) is 19.3. The number of furan rings is 1. The van der Waals surface area contributed by atoms with Crippen LogP contribution in [0.25, 0.3) is 17.0 Å². The Hall–Kier alpha value is -3.81. The van der Waals surface area contributed by atoms with E-state index in [0.717, 1.165) is 5.69 Å². The molecule has 0 saturated heterocycles. The molecule has 0 radical (unpaired) electrons. The van der Waals surface area contributed by atoms with E-state index >= 15 is 0 Å². The van der Waals surface area contributed by atoms with E-state index in [-0.39, 0.29) is 18.2 Å². The van der Waals surface area contributed by atoms with E-state index in [9.17, 15) is 9.18 Å². The Kier molecular flexibility index (Phi) is 4.92. The van der Waals surface area contributed by atoms with Gasteiger partial charge in [-0.15, -0.1) is 5.10 Å². The van der Waals surface area contributed by atoms with Crippen molar-refractivity contribution in [1.29, 1.82) is 0 Å². The van der Waals surface area contributed by atoms with E-state index in [1.165, 1.54) is 17.1 Å². The molecule has 2 aromatic carbocycles. The maximum absolute atomic E-state index is 13.8. The average Bonchev–Trinajstić information content (AvgIpc) is 3.40. The number of halogens is 1. The third-order valence-electron chi connectivity index (χ3n) is 4.06. The van der Waals surface area contributed by atoms with Crippen LogP contribution in [-0.4, -0.2) is 26.2 Å². The number of aromatic nitrogens is 4. The van der Waals surface area contributed by atoms with Gasteiger partial charge in [-0.2, -0.15) is 0 Å². The molecular formula is C20H15FN4O3. The summed E-state index contributed by atoms with van der Waals surface area (Å²) >= 11 is 0. The van der Waals surface area contributed by atoms with E-state index in [2.05, 4.69) is 15.5 Å². The highest BCUT2D eigenvalue weighted by Crippen LogP contribution is 2.25. The van der Waals surface area contributed by atoms with Gasteiger partial charge in [0, 0.05) is 6.42 Å². The van der Waals surface area contributed by atoms with Gasteiger partial charge in [0.2, 0.25) is 0 Å². The first-order valence-corrected chi connectivity index (χ1v) is 8.57. The van der Waals surface area contributed by atoms with Crippen molar-refractivity contribution in [3.05, 3.63) is 78.6 Å². The van der Waals surface area contributed by atoms with Crippen molar-refractivity contribution in [3.63, 3.8) is 0 Å². The number of carbonyl (C=O) groups excluding carboxylic acids is 1. The van der Waals surface area contributed by atoms with Crippen LogP contribution in [0.4, 0.5) is 4.39 Å². The molecule has 4 rings (SSSR count). The summed E-state index contributed by atoms with van der Waals surface area (Å²) in [5.41, 5.74) is 1.14. The first-order valence-electron chi connectivity index (χ1n) is 8.57. The molecule has 0 amide bonds. The van der Waals surface area contributed by atoms with Gasteiger partial charge >= 0.3 is 5.97 Å². The smallest absolute Gasteiger partial charge is 0.311 e. The lowest BCUT2D eigenvalue weighted by molar-refractivity contribution is -0.134. The minimum Gasteiger partial charge on any atom is -0.461 e. The van der Waals surface area contributed by atoms with Crippen LogP contribution in [0.1, 0.15) is 12.2 Å². The number of hydrogen-bond donors (Lipinski definition) is 0. The van der Waals surface area contributed by atoms with Crippen molar-refractivity contribution >= 4 is 5.97 Å². The lowest BCUT2D eigenvalue weighted by Gasteiger charge is -2.05. The lowest BCUT2D eigenvalue weighted by atomic mass is 10.1. The number of carbonyl (C=O) groups is 1. The van der Waals surface area contributed by atoms with Crippen LogP contribution in [0.15, 0.2) is 71.4 Å². The summed E-state index contributed by atoms with van der Waals surface area (Å²) in [5.74, 6) is 0.698.